The van der Waals surface area contributed by atoms with Crippen LogP contribution in [0.2, 0.25) is 0 Å². The van der Waals surface area contributed by atoms with Gasteiger partial charge in [0.2, 0.25) is 0 Å². The molecule has 1 atom stereocenters. The van der Waals surface area contributed by atoms with Crippen LogP contribution in [0.15, 0.2) is 18.2 Å². The summed E-state index contributed by atoms with van der Waals surface area (Å²) in [6, 6.07) is 5.62. The summed E-state index contributed by atoms with van der Waals surface area (Å²) >= 11 is 0. The highest BCUT2D eigenvalue weighted by molar-refractivity contribution is 5.39. The fourth-order valence-corrected chi connectivity index (χ4v) is 2.43. The molecule has 0 saturated carbocycles. The lowest BCUT2D eigenvalue weighted by molar-refractivity contribution is -0.0499. The van der Waals surface area contributed by atoms with Gasteiger partial charge in [-0.25, -0.2) is 0 Å². The predicted octanol–water partition coefficient (Wildman–Crippen LogP) is 3.27. The van der Waals surface area contributed by atoms with Gasteiger partial charge in [-0.15, -0.1) is 0 Å². The Hall–Kier alpha value is -1.16. The molecule has 0 heterocycles. The van der Waals surface area contributed by atoms with Gasteiger partial charge in [0.25, 0.3) is 0 Å². The number of hydrogen-bond donors (Lipinski definition) is 1. The van der Waals surface area contributed by atoms with E-state index in [4.69, 9.17) is 0 Å². The van der Waals surface area contributed by atoms with Crippen LogP contribution in [0.5, 0.6) is 5.75 Å². The zero-order valence-corrected chi connectivity index (χ0v) is 9.88. The van der Waals surface area contributed by atoms with Crippen molar-refractivity contribution in [2.45, 2.75) is 38.8 Å². The SMILES string of the molecule is CCNC1CCCc2cc(OC(F)F)ccc21. The third-order valence-corrected chi connectivity index (χ3v) is 3.10. The molecule has 0 bridgehead atoms. The van der Waals surface area contributed by atoms with E-state index < -0.39 is 6.61 Å². The van der Waals surface area contributed by atoms with Gasteiger partial charge in [0.05, 0.1) is 0 Å². The number of halogens is 2. The van der Waals surface area contributed by atoms with E-state index in [-0.39, 0.29) is 5.75 Å². The second-order valence-corrected chi connectivity index (χ2v) is 4.24. The molecule has 0 saturated heterocycles. The largest absolute Gasteiger partial charge is 0.435 e. The molecule has 4 heteroatoms. The van der Waals surface area contributed by atoms with E-state index >= 15 is 0 Å². The summed E-state index contributed by atoms with van der Waals surface area (Å²) in [6.45, 7) is 0.239. The normalized spacial score (nSPS) is 19.2. The van der Waals surface area contributed by atoms with Crippen molar-refractivity contribution in [3.63, 3.8) is 0 Å². The van der Waals surface area contributed by atoms with E-state index in [9.17, 15) is 8.78 Å². The van der Waals surface area contributed by atoms with Crippen molar-refractivity contribution in [1.82, 2.24) is 5.32 Å². The highest BCUT2D eigenvalue weighted by Crippen LogP contribution is 2.32. The van der Waals surface area contributed by atoms with Crippen LogP contribution in [0.4, 0.5) is 8.78 Å². The maximum Gasteiger partial charge on any atom is 0.387 e. The van der Waals surface area contributed by atoms with Crippen LogP contribution in [-0.4, -0.2) is 13.2 Å². The van der Waals surface area contributed by atoms with Crippen LogP contribution in [0, 0.1) is 0 Å². The Labute approximate surface area is 100.0 Å². The van der Waals surface area contributed by atoms with E-state index in [0.29, 0.717) is 6.04 Å². The van der Waals surface area contributed by atoms with E-state index in [1.165, 1.54) is 5.56 Å². The molecule has 0 amide bonds. The number of ether oxygens (including phenoxy) is 1. The molecule has 2 nitrogen and oxygen atoms in total. The van der Waals surface area contributed by atoms with Crippen molar-refractivity contribution >= 4 is 0 Å². The molecule has 1 unspecified atom stereocenters. The summed E-state index contributed by atoms with van der Waals surface area (Å²) in [5.74, 6) is 0.260. The van der Waals surface area contributed by atoms with Gasteiger partial charge >= 0.3 is 6.61 Å². The zero-order chi connectivity index (χ0) is 12.3. The van der Waals surface area contributed by atoms with Crippen molar-refractivity contribution in [2.24, 2.45) is 0 Å². The number of fused-ring (bicyclic) bond motifs is 1. The molecular weight excluding hydrogens is 224 g/mol. The minimum absolute atomic E-state index is 0.260. The summed E-state index contributed by atoms with van der Waals surface area (Å²) in [5, 5.41) is 3.41. The maximum atomic E-state index is 12.1. The van der Waals surface area contributed by atoms with Crippen molar-refractivity contribution in [3.8, 4) is 5.75 Å². The Morgan fingerprint density at radius 1 is 1.47 bits per heavy atom. The third kappa shape index (κ3) is 2.94. The first-order valence-electron chi connectivity index (χ1n) is 6.01. The quantitative estimate of drug-likeness (QED) is 0.873. The van der Waals surface area contributed by atoms with E-state index in [2.05, 4.69) is 17.0 Å². The predicted molar refractivity (Wildman–Crippen MR) is 62.4 cm³/mol. The lowest BCUT2D eigenvalue weighted by atomic mass is 9.87. The Bertz CT molecular complexity index is 382. The van der Waals surface area contributed by atoms with Crippen LogP contribution in [0.3, 0.4) is 0 Å². The molecule has 1 aliphatic rings. The van der Waals surface area contributed by atoms with Gasteiger partial charge in [-0.1, -0.05) is 13.0 Å². The third-order valence-electron chi connectivity index (χ3n) is 3.10. The Kier molecular flexibility index (Phi) is 3.94. The molecule has 1 N–H and O–H groups in total. The monoisotopic (exact) mass is 241 g/mol. The Morgan fingerprint density at radius 2 is 2.29 bits per heavy atom. The molecular formula is C13H17F2NO. The van der Waals surface area contributed by atoms with Gasteiger partial charge in [0.1, 0.15) is 5.75 Å². The van der Waals surface area contributed by atoms with Crippen LogP contribution in [-0.2, 0) is 6.42 Å². The Morgan fingerprint density at radius 3 is 3.00 bits per heavy atom. The molecule has 0 spiro atoms. The van der Waals surface area contributed by atoms with Gasteiger partial charge < -0.3 is 10.1 Å². The average Bonchev–Trinajstić information content (AvgIpc) is 2.28. The number of hydrogen-bond acceptors (Lipinski definition) is 2. The maximum absolute atomic E-state index is 12.1. The molecule has 1 aromatic rings. The Balaban J connectivity index is 2.20. The minimum Gasteiger partial charge on any atom is -0.435 e. The molecule has 0 aromatic heterocycles. The van der Waals surface area contributed by atoms with Gasteiger partial charge in [0, 0.05) is 6.04 Å². The summed E-state index contributed by atoms with van der Waals surface area (Å²) in [4.78, 5) is 0. The van der Waals surface area contributed by atoms with Crippen LogP contribution < -0.4 is 10.1 Å². The first-order valence-corrected chi connectivity index (χ1v) is 6.01. The number of alkyl halides is 2. The number of aryl methyl sites for hydroxylation is 1. The molecule has 17 heavy (non-hydrogen) atoms. The molecule has 0 fully saturated rings. The number of nitrogens with one attached hydrogen (secondary N) is 1. The van der Waals surface area contributed by atoms with Crippen molar-refractivity contribution in [2.75, 3.05) is 6.54 Å². The average molecular weight is 241 g/mol. The first-order chi connectivity index (χ1) is 8.20. The fraction of sp³-hybridized carbons (Fsp3) is 0.538. The molecule has 0 aliphatic heterocycles. The van der Waals surface area contributed by atoms with Crippen LogP contribution >= 0.6 is 0 Å². The lowest BCUT2D eigenvalue weighted by Crippen LogP contribution is -2.24. The fourth-order valence-electron chi connectivity index (χ4n) is 2.43. The van der Waals surface area contributed by atoms with E-state index in [1.807, 2.05) is 6.07 Å². The van der Waals surface area contributed by atoms with Crippen molar-refractivity contribution < 1.29 is 13.5 Å². The number of rotatable bonds is 4. The molecule has 94 valence electrons. The standard InChI is InChI=1S/C13H17F2NO/c1-2-16-12-5-3-4-9-8-10(17-13(14)15)6-7-11(9)12/h6-8,12-13,16H,2-5H2,1H3. The molecule has 1 aromatic carbocycles. The highest BCUT2D eigenvalue weighted by atomic mass is 19.3. The smallest absolute Gasteiger partial charge is 0.387 e. The van der Waals surface area contributed by atoms with E-state index in [0.717, 1.165) is 31.4 Å². The summed E-state index contributed by atoms with van der Waals surface area (Å²) in [5.41, 5.74) is 2.35. The van der Waals surface area contributed by atoms with Gasteiger partial charge in [0.15, 0.2) is 0 Å². The second-order valence-electron chi connectivity index (χ2n) is 4.24. The van der Waals surface area contributed by atoms with Gasteiger partial charge in [-0.2, -0.15) is 8.78 Å². The first kappa shape index (κ1) is 12.3. The van der Waals surface area contributed by atoms with E-state index in [1.54, 1.807) is 12.1 Å². The molecule has 1 aliphatic carbocycles. The van der Waals surface area contributed by atoms with Gasteiger partial charge in [-0.3, -0.25) is 0 Å². The summed E-state index contributed by atoms with van der Waals surface area (Å²) in [6.07, 6.45) is 3.14. The van der Waals surface area contributed by atoms with Crippen LogP contribution in [0.25, 0.3) is 0 Å². The highest BCUT2D eigenvalue weighted by Gasteiger charge is 2.20. The van der Waals surface area contributed by atoms with Gasteiger partial charge in [-0.05, 0) is 49.1 Å². The van der Waals surface area contributed by atoms with Crippen molar-refractivity contribution in [1.29, 1.82) is 0 Å². The second kappa shape index (κ2) is 5.45. The lowest BCUT2D eigenvalue weighted by Gasteiger charge is -2.26. The van der Waals surface area contributed by atoms with Crippen molar-refractivity contribution in [3.05, 3.63) is 29.3 Å². The number of benzene rings is 1. The molecule has 0 radical (unpaired) electrons. The molecule has 2 rings (SSSR count). The zero-order valence-electron chi connectivity index (χ0n) is 9.88. The topological polar surface area (TPSA) is 21.3 Å². The summed E-state index contributed by atoms with van der Waals surface area (Å²) < 4.78 is 28.7. The minimum atomic E-state index is -2.75. The summed E-state index contributed by atoms with van der Waals surface area (Å²) in [7, 11) is 0. The van der Waals surface area contributed by atoms with Crippen LogP contribution in [0.1, 0.15) is 36.9 Å².